The van der Waals surface area contributed by atoms with Crippen molar-refractivity contribution in [1.29, 1.82) is 0 Å². The van der Waals surface area contributed by atoms with Gasteiger partial charge in [-0.15, -0.1) is 0 Å². The lowest BCUT2D eigenvalue weighted by atomic mass is 10.0. The van der Waals surface area contributed by atoms with Crippen LogP contribution in [0.25, 0.3) is 10.9 Å². The van der Waals surface area contributed by atoms with Crippen LogP contribution in [0.5, 0.6) is 0 Å². The lowest BCUT2D eigenvalue weighted by Crippen LogP contribution is -2.46. The summed E-state index contributed by atoms with van der Waals surface area (Å²) in [5.41, 5.74) is 6.90. The number of piperidine rings is 1. The molecule has 0 saturated carbocycles. The van der Waals surface area contributed by atoms with Crippen LogP contribution in [0.1, 0.15) is 41.4 Å². The molecule has 0 aliphatic carbocycles. The first-order chi connectivity index (χ1) is 14.2. The Hall–Kier alpha value is -2.95. The lowest BCUT2D eigenvalue weighted by molar-refractivity contribution is 0.0708. The number of anilines is 2. The van der Waals surface area contributed by atoms with Gasteiger partial charge in [0.15, 0.2) is 0 Å². The van der Waals surface area contributed by atoms with Crippen molar-refractivity contribution in [2.24, 2.45) is 0 Å². The zero-order valence-corrected chi connectivity index (χ0v) is 17.2. The quantitative estimate of drug-likeness (QED) is 0.693. The average Bonchev–Trinajstić information content (AvgIpc) is 3.38. The molecule has 2 N–H and O–H groups in total. The van der Waals surface area contributed by atoms with Gasteiger partial charge >= 0.3 is 0 Å². The number of aromatic nitrogens is 1. The molecule has 3 heterocycles. The molecule has 150 valence electrons. The summed E-state index contributed by atoms with van der Waals surface area (Å²) in [6, 6.07) is 15.2. The molecule has 0 atom stereocenters. The van der Waals surface area contributed by atoms with Gasteiger partial charge in [-0.2, -0.15) is 0 Å². The predicted molar refractivity (Wildman–Crippen MR) is 119 cm³/mol. The number of aromatic amines is 1. The zero-order valence-electron chi connectivity index (χ0n) is 17.2. The highest BCUT2D eigenvalue weighted by Crippen LogP contribution is 2.34. The molecular formula is C24H28N4O. The summed E-state index contributed by atoms with van der Waals surface area (Å²) in [5, 5.41) is 4.66. The minimum Gasteiger partial charge on any atom is -0.366 e. The number of nitrogens with zero attached hydrogens (tertiary/aromatic N) is 2. The molecule has 2 aliphatic rings. The van der Waals surface area contributed by atoms with E-state index in [0.717, 1.165) is 44.5 Å². The molecule has 0 unspecified atom stereocenters. The first-order valence-corrected chi connectivity index (χ1v) is 10.7. The number of carbonyl (C=O) groups excluding carboxylic acids is 1. The van der Waals surface area contributed by atoms with Crippen LogP contribution in [0.2, 0.25) is 0 Å². The van der Waals surface area contributed by atoms with E-state index in [1.165, 1.54) is 27.9 Å². The Morgan fingerprint density at radius 2 is 1.93 bits per heavy atom. The third-order valence-electron chi connectivity index (χ3n) is 6.58. The third kappa shape index (κ3) is 3.05. The zero-order chi connectivity index (χ0) is 20.0. The maximum Gasteiger partial charge on any atom is 0.270 e. The molecule has 3 aromatic rings. The van der Waals surface area contributed by atoms with Gasteiger partial charge in [0.1, 0.15) is 5.69 Å². The fraction of sp³-hybridized carbons (Fsp3) is 0.375. The number of hydrogen-bond acceptors (Lipinski definition) is 3. The average molecular weight is 389 g/mol. The first-order valence-electron chi connectivity index (χ1n) is 10.7. The van der Waals surface area contributed by atoms with Crippen LogP contribution >= 0.6 is 0 Å². The fourth-order valence-corrected chi connectivity index (χ4v) is 4.96. The van der Waals surface area contributed by atoms with Crippen molar-refractivity contribution in [2.45, 2.75) is 39.2 Å². The van der Waals surface area contributed by atoms with Crippen molar-refractivity contribution in [3.8, 4) is 0 Å². The second kappa shape index (κ2) is 7.14. The standard InChI is InChI=1S/C24H28N4O/c1-3-18-16(2)8-9-20-19(18)14-22(26-20)24(29)27-12-10-17(11-13-27)28-15-25-21-6-4-5-7-23(21)28/h4-9,14,17,25-26H,3,10-13,15H2,1-2H3. The largest absolute Gasteiger partial charge is 0.366 e. The Bertz CT molecular complexity index is 1060. The number of aryl methyl sites for hydroxylation is 2. The number of para-hydroxylation sites is 2. The van der Waals surface area contributed by atoms with E-state index < -0.39 is 0 Å². The number of amides is 1. The fourth-order valence-electron chi connectivity index (χ4n) is 4.96. The monoisotopic (exact) mass is 388 g/mol. The summed E-state index contributed by atoms with van der Waals surface area (Å²) in [6.07, 6.45) is 2.98. The molecule has 0 bridgehead atoms. The Morgan fingerprint density at radius 1 is 1.14 bits per heavy atom. The Kier molecular flexibility index (Phi) is 4.46. The lowest BCUT2D eigenvalue weighted by Gasteiger charge is -2.37. The van der Waals surface area contributed by atoms with Gasteiger partial charge in [-0.3, -0.25) is 4.79 Å². The molecular weight excluding hydrogens is 360 g/mol. The maximum atomic E-state index is 13.1. The Labute approximate surface area is 171 Å². The van der Waals surface area contributed by atoms with Crippen molar-refractivity contribution in [2.75, 3.05) is 30.0 Å². The number of hydrogen-bond donors (Lipinski definition) is 2. The molecule has 5 heteroatoms. The predicted octanol–water partition coefficient (Wildman–Crippen LogP) is 4.53. The van der Waals surface area contributed by atoms with Crippen LogP contribution in [-0.4, -0.2) is 41.6 Å². The van der Waals surface area contributed by atoms with E-state index in [9.17, 15) is 4.79 Å². The van der Waals surface area contributed by atoms with E-state index in [1.807, 2.05) is 4.90 Å². The van der Waals surface area contributed by atoms with Gasteiger partial charge in [-0.05, 0) is 61.6 Å². The normalized spacial score (nSPS) is 16.9. The van der Waals surface area contributed by atoms with E-state index in [0.29, 0.717) is 11.7 Å². The van der Waals surface area contributed by atoms with E-state index in [-0.39, 0.29) is 5.91 Å². The number of nitrogens with one attached hydrogen (secondary N) is 2. The molecule has 2 aromatic carbocycles. The Balaban J connectivity index is 1.30. The van der Waals surface area contributed by atoms with Gasteiger partial charge < -0.3 is 20.1 Å². The minimum absolute atomic E-state index is 0.124. The number of fused-ring (bicyclic) bond motifs is 2. The van der Waals surface area contributed by atoms with Gasteiger partial charge in [0, 0.05) is 30.0 Å². The number of rotatable bonds is 3. The summed E-state index contributed by atoms with van der Waals surface area (Å²) >= 11 is 0. The molecule has 0 radical (unpaired) electrons. The highest BCUT2D eigenvalue weighted by Gasteiger charge is 2.31. The minimum atomic E-state index is 0.124. The maximum absolute atomic E-state index is 13.1. The van der Waals surface area contributed by atoms with Crippen molar-refractivity contribution in [1.82, 2.24) is 9.88 Å². The number of likely N-dealkylation sites (tertiary alicyclic amines) is 1. The van der Waals surface area contributed by atoms with Gasteiger partial charge in [0.25, 0.3) is 5.91 Å². The van der Waals surface area contributed by atoms with Gasteiger partial charge in [0.2, 0.25) is 0 Å². The third-order valence-corrected chi connectivity index (χ3v) is 6.58. The van der Waals surface area contributed by atoms with Gasteiger partial charge in [-0.25, -0.2) is 0 Å². The summed E-state index contributed by atoms with van der Waals surface area (Å²) in [6.45, 7) is 6.78. The number of carbonyl (C=O) groups is 1. The second-order valence-corrected chi connectivity index (χ2v) is 8.20. The summed E-state index contributed by atoms with van der Waals surface area (Å²) < 4.78 is 0. The summed E-state index contributed by atoms with van der Waals surface area (Å²) in [7, 11) is 0. The molecule has 0 spiro atoms. The molecule has 1 amide bonds. The van der Waals surface area contributed by atoms with Crippen molar-refractivity contribution in [3.63, 3.8) is 0 Å². The molecule has 2 aliphatic heterocycles. The van der Waals surface area contributed by atoms with Crippen LogP contribution in [0.3, 0.4) is 0 Å². The van der Waals surface area contributed by atoms with Crippen molar-refractivity contribution < 1.29 is 4.79 Å². The van der Waals surface area contributed by atoms with Crippen molar-refractivity contribution >= 4 is 28.2 Å². The molecule has 29 heavy (non-hydrogen) atoms. The van der Waals surface area contributed by atoms with Crippen LogP contribution in [0.4, 0.5) is 11.4 Å². The summed E-state index contributed by atoms with van der Waals surface area (Å²) in [4.78, 5) is 21.0. The summed E-state index contributed by atoms with van der Waals surface area (Å²) in [5.74, 6) is 0.124. The highest BCUT2D eigenvalue weighted by molar-refractivity contribution is 5.99. The van der Waals surface area contributed by atoms with Crippen LogP contribution in [0, 0.1) is 6.92 Å². The molecule has 1 fully saturated rings. The molecule has 5 rings (SSSR count). The second-order valence-electron chi connectivity index (χ2n) is 8.20. The van der Waals surface area contributed by atoms with Crippen LogP contribution in [-0.2, 0) is 6.42 Å². The highest BCUT2D eigenvalue weighted by atomic mass is 16.2. The smallest absolute Gasteiger partial charge is 0.270 e. The SMILES string of the molecule is CCc1c(C)ccc2[nH]c(C(=O)N3CCC(N4CNc5ccccc54)CC3)cc12. The van der Waals surface area contributed by atoms with Crippen molar-refractivity contribution in [3.05, 3.63) is 59.3 Å². The molecule has 1 saturated heterocycles. The van der Waals surface area contributed by atoms with E-state index in [4.69, 9.17) is 0 Å². The van der Waals surface area contributed by atoms with E-state index >= 15 is 0 Å². The van der Waals surface area contributed by atoms with E-state index in [2.05, 4.69) is 71.5 Å². The van der Waals surface area contributed by atoms with Gasteiger partial charge in [0.05, 0.1) is 18.0 Å². The Morgan fingerprint density at radius 3 is 2.72 bits per heavy atom. The van der Waals surface area contributed by atoms with Crippen LogP contribution < -0.4 is 10.2 Å². The number of benzene rings is 2. The first kappa shape index (κ1) is 18.1. The van der Waals surface area contributed by atoms with Crippen LogP contribution in [0.15, 0.2) is 42.5 Å². The van der Waals surface area contributed by atoms with Gasteiger partial charge in [-0.1, -0.05) is 25.1 Å². The molecule has 5 nitrogen and oxygen atoms in total. The number of H-pyrrole nitrogens is 1. The van der Waals surface area contributed by atoms with E-state index in [1.54, 1.807) is 0 Å². The topological polar surface area (TPSA) is 51.4 Å². The molecule has 1 aromatic heterocycles.